The molecule has 0 N–H and O–H groups in total. The lowest BCUT2D eigenvalue weighted by Gasteiger charge is -2.02. The molecule has 1 atom stereocenters. The van der Waals surface area contributed by atoms with Crippen molar-refractivity contribution in [2.75, 3.05) is 6.61 Å². The molecule has 1 aliphatic rings. The van der Waals surface area contributed by atoms with Gasteiger partial charge in [0.15, 0.2) is 6.10 Å². The molecule has 138 valence electrons. The molecule has 1 saturated heterocycles. The van der Waals surface area contributed by atoms with Crippen molar-refractivity contribution in [2.45, 2.75) is 96.5 Å². The first-order valence-electron chi connectivity index (χ1n) is 9.93. The van der Waals surface area contributed by atoms with Crippen molar-refractivity contribution < 1.29 is 14.3 Å². The molecule has 0 spiro atoms. The fraction of sp³-hybridized carbons (Fsp3) is 0.762. The van der Waals surface area contributed by atoms with E-state index in [-0.39, 0.29) is 5.97 Å². The molecule has 1 aliphatic heterocycles. The van der Waals surface area contributed by atoms with Crippen LogP contribution in [0.2, 0.25) is 0 Å². The molecule has 0 aromatic heterocycles. The average molecular weight is 337 g/mol. The average Bonchev–Trinajstić information content (AvgIpc) is 3.34. The number of epoxide rings is 1. The van der Waals surface area contributed by atoms with Gasteiger partial charge in [-0.2, -0.15) is 0 Å². The van der Waals surface area contributed by atoms with Crippen molar-refractivity contribution in [3.05, 3.63) is 24.5 Å². The summed E-state index contributed by atoms with van der Waals surface area (Å²) >= 11 is 0. The van der Waals surface area contributed by atoms with Crippen LogP contribution in [0.25, 0.3) is 0 Å². The van der Waals surface area contributed by atoms with E-state index < -0.39 is 0 Å². The molecule has 0 aliphatic carbocycles. The number of rotatable bonds is 16. The molecule has 1 fully saturated rings. The van der Waals surface area contributed by atoms with Crippen LogP contribution < -0.4 is 0 Å². The van der Waals surface area contributed by atoms with Crippen LogP contribution in [-0.2, 0) is 14.3 Å². The molecular weight excluding hydrogens is 300 g/mol. The highest BCUT2D eigenvalue weighted by Crippen LogP contribution is 2.32. The summed E-state index contributed by atoms with van der Waals surface area (Å²) in [6.45, 7) is 6.15. The quantitative estimate of drug-likeness (QED) is 0.148. The van der Waals surface area contributed by atoms with E-state index in [9.17, 15) is 4.79 Å². The van der Waals surface area contributed by atoms with Gasteiger partial charge in [-0.25, -0.2) is 4.79 Å². The van der Waals surface area contributed by atoms with Gasteiger partial charge in [0.25, 0.3) is 0 Å². The summed E-state index contributed by atoms with van der Waals surface area (Å²) in [5.74, 6) is 0.930. The zero-order valence-corrected chi connectivity index (χ0v) is 15.6. The Morgan fingerprint density at radius 1 is 1.04 bits per heavy atom. The van der Waals surface area contributed by atoms with Gasteiger partial charge >= 0.3 is 5.97 Å². The summed E-state index contributed by atoms with van der Waals surface area (Å²) in [4.78, 5) is 10.8. The Morgan fingerprint density at radius 3 is 2.46 bits per heavy atom. The van der Waals surface area contributed by atoms with Crippen molar-refractivity contribution in [3.63, 3.8) is 0 Å². The summed E-state index contributed by atoms with van der Waals surface area (Å²) < 4.78 is 10.6. The maximum absolute atomic E-state index is 10.8. The number of hydrogen-bond acceptors (Lipinski definition) is 3. The van der Waals surface area contributed by atoms with Gasteiger partial charge in [0.1, 0.15) is 5.76 Å². The van der Waals surface area contributed by atoms with E-state index in [1.165, 1.54) is 76.0 Å². The molecule has 1 unspecified atom stereocenters. The smallest absolute Gasteiger partial charge is 0.330 e. The second-order valence-electron chi connectivity index (χ2n) is 6.70. The minimum atomic E-state index is -0.315. The summed E-state index contributed by atoms with van der Waals surface area (Å²) in [6, 6.07) is 0. The normalized spacial score (nSPS) is 17.5. The Hall–Kier alpha value is -1.25. The second-order valence-corrected chi connectivity index (χ2v) is 6.70. The van der Waals surface area contributed by atoms with Gasteiger partial charge in [-0.05, 0) is 38.2 Å². The summed E-state index contributed by atoms with van der Waals surface area (Å²) in [7, 11) is 0. The zero-order chi connectivity index (χ0) is 17.5. The molecule has 0 amide bonds. The second kappa shape index (κ2) is 14.1. The van der Waals surface area contributed by atoms with Crippen LogP contribution in [0.1, 0.15) is 90.4 Å². The van der Waals surface area contributed by atoms with Gasteiger partial charge in [0, 0.05) is 6.08 Å². The monoisotopic (exact) mass is 336 g/mol. The number of esters is 1. The van der Waals surface area contributed by atoms with Crippen LogP contribution in [0.3, 0.4) is 0 Å². The van der Waals surface area contributed by atoms with E-state index in [2.05, 4.69) is 19.6 Å². The highest BCUT2D eigenvalue weighted by molar-refractivity contribution is 5.81. The van der Waals surface area contributed by atoms with Crippen molar-refractivity contribution in [1.82, 2.24) is 0 Å². The van der Waals surface area contributed by atoms with E-state index in [0.29, 0.717) is 12.7 Å². The van der Waals surface area contributed by atoms with Gasteiger partial charge in [0.2, 0.25) is 0 Å². The van der Waals surface area contributed by atoms with Gasteiger partial charge in [-0.3, -0.25) is 0 Å². The first kappa shape index (κ1) is 20.8. The topological polar surface area (TPSA) is 38.8 Å². The Labute approximate surface area is 148 Å². The molecule has 0 radical (unpaired) electrons. The molecule has 3 nitrogen and oxygen atoms in total. The lowest BCUT2D eigenvalue weighted by Crippen LogP contribution is -2.01. The fourth-order valence-corrected chi connectivity index (χ4v) is 2.87. The molecule has 3 heteroatoms. The summed E-state index contributed by atoms with van der Waals surface area (Å²) in [5, 5.41) is 0. The van der Waals surface area contributed by atoms with E-state index in [4.69, 9.17) is 9.47 Å². The van der Waals surface area contributed by atoms with Crippen LogP contribution in [-0.4, -0.2) is 18.7 Å². The molecule has 0 saturated carbocycles. The van der Waals surface area contributed by atoms with Gasteiger partial charge in [0.05, 0.1) is 6.61 Å². The zero-order valence-electron chi connectivity index (χ0n) is 15.6. The first-order valence-corrected chi connectivity index (χ1v) is 9.93. The van der Waals surface area contributed by atoms with Crippen LogP contribution in [0.4, 0.5) is 0 Å². The minimum Gasteiger partial charge on any atom is -0.483 e. The standard InChI is InChI=1S/C21H36O3/c1-3-5-6-10-13-16-19-20(24-19)17-14-11-8-7-9-12-15-18-23-21(22)4-2/h4,17,19H,2-3,5-16,18H2,1H3/b20-17+. The predicted molar refractivity (Wildman–Crippen MR) is 99.8 cm³/mol. The van der Waals surface area contributed by atoms with E-state index in [1.807, 2.05) is 0 Å². The highest BCUT2D eigenvalue weighted by atomic mass is 16.6. The van der Waals surface area contributed by atoms with Crippen molar-refractivity contribution in [2.24, 2.45) is 0 Å². The predicted octanol–water partition coefficient (Wildman–Crippen LogP) is 6.09. The molecule has 1 heterocycles. The van der Waals surface area contributed by atoms with Crippen LogP contribution in [0.5, 0.6) is 0 Å². The van der Waals surface area contributed by atoms with Crippen LogP contribution in [0.15, 0.2) is 24.5 Å². The Kier molecular flexibility index (Phi) is 12.2. The minimum absolute atomic E-state index is 0.315. The number of hydrogen-bond donors (Lipinski definition) is 0. The highest BCUT2D eigenvalue weighted by Gasteiger charge is 2.30. The van der Waals surface area contributed by atoms with Gasteiger partial charge < -0.3 is 9.47 Å². The Balaban J connectivity index is 1.81. The third kappa shape index (κ3) is 11.3. The molecule has 0 aromatic carbocycles. The van der Waals surface area contributed by atoms with Gasteiger partial charge in [-0.1, -0.05) is 64.9 Å². The van der Waals surface area contributed by atoms with E-state index >= 15 is 0 Å². The lowest BCUT2D eigenvalue weighted by atomic mass is 10.1. The Morgan fingerprint density at radius 2 is 1.71 bits per heavy atom. The largest absolute Gasteiger partial charge is 0.483 e. The van der Waals surface area contributed by atoms with E-state index in [0.717, 1.165) is 19.3 Å². The maximum Gasteiger partial charge on any atom is 0.330 e. The van der Waals surface area contributed by atoms with Crippen LogP contribution in [0, 0.1) is 0 Å². The first-order chi connectivity index (χ1) is 11.8. The fourth-order valence-electron chi connectivity index (χ4n) is 2.87. The molecule has 1 rings (SSSR count). The third-order valence-corrected chi connectivity index (χ3v) is 4.46. The third-order valence-electron chi connectivity index (χ3n) is 4.46. The summed E-state index contributed by atoms with van der Waals surface area (Å²) in [6.07, 6.45) is 20.2. The molecular formula is C21H36O3. The summed E-state index contributed by atoms with van der Waals surface area (Å²) in [5.41, 5.74) is 0. The van der Waals surface area contributed by atoms with Crippen molar-refractivity contribution in [3.8, 4) is 0 Å². The Bertz CT molecular complexity index is 373. The van der Waals surface area contributed by atoms with Crippen molar-refractivity contribution in [1.29, 1.82) is 0 Å². The van der Waals surface area contributed by atoms with E-state index in [1.54, 1.807) is 0 Å². The number of ether oxygens (including phenoxy) is 2. The number of carbonyl (C=O) groups is 1. The van der Waals surface area contributed by atoms with Crippen molar-refractivity contribution >= 4 is 5.97 Å². The maximum atomic E-state index is 10.8. The molecule has 24 heavy (non-hydrogen) atoms. The van der Waals surface area contributed by atoms with Crippen LogP contribution >= 0.6 is 0 Å². The lowest BCUT2D eigenvalue weighted by molar-refractivity contribution is -0.137. The van der Waals surface area contributed by atoms with Gasteiger partial charge in [-0.15, -0.1) is 0 Å². The SMILES string of the molecule is C=CC(=O)OCCCCCCCC/C=C1/OC1CCCCCCC. The molecule has 0 aromatic rings. The molecule has 0 bridgehead atoms. The number of unbranched alkanes of at least 4 members (excludes halogenated alkanes) is 10. The number of carbonyl (C=O) groups excluding carboxylic acids is 1. The number of allylic oxidation sites excluding steroid dienone is 1.